The Kier molecular flexibility index (Phi) is 30.8. The Morgan fingerprint density at radius 1 is 0.443 bits per heavy atom. The van der Waals surface area contributed by atoms with Crippen LogP contribution < -0.4 is 68.1 Å². The molecule has 0 saturated carbocycles. The molecule has 8 N–H and O–H groups in total. The van der Waals surface area contributed by atoms with Gasteiger partial charge in [-0.1, -0.05) is 90.1 Å². The minimum Gasteiger partial charge on any atom is -0.484 e. The minimum absolute atomic E-state index is 0.0743. The summed E-state index contributed by atoms with van der Waals surface area (Å²) in [6.07, 6.45) is 0. The van der Waals surface area contributed by atoms with Gasteiger partial charge < -0.3 is 64.4 Å². The third-order valence-corrected chi connectivity index (χ3v) is 24.0. The molecule has 1 saturated heterocycles. The molecule has 3 aromatic heterocycles. The first-order chi connectivity index (χ1) is 54.9. The Morgan fingerprint density at radius 2 is 0.757 bits per heavy atom. The first-order valence-electron chi connectivity index (χ1n) is 37.8. The van der Waals surface area contributed by atoms with Gasteiger partial charge in [0.15, 0.2) is 19.8 Å². The number of nitrogens with zero attached hydrogens (tertiary/aromatic N) is 9. The van der Waals surface area contributed by atoms with E-state index in [0.29, 0.717) is 136 Å². The van der Waals surface area contributed by atoms with Gasteiger partial charge in [0.05, 0.1) is 85.5 Å². The van der Waals surface area contributed by atoms with Crippen LogP contribution in [-0.2, 0) is 47.7 Å². The number of ether oxygens (including phenoxy) is 3. The van der Waals surface area contributed by atoms with Crippen molar-refractivity contribution in [1.82, 2.24) is 50.5 Å². The number of aromatic nitrogens is 3. The molecule has 115 heavy (non-hydrogen) atoms. The molecule has 10 rings (SSSR count). The van der Waals surface area contributed by atoms with Crippen molar-refractivity contribution in [1.29, 1.82) is 0 Å². The lowest BCUT2D eigenvalue weighted by atomic mass is 10.1. The molecule has 1 aliphatic heterocycles. The second kappa shape index (κ2) is 40.7. The minimum atomic E-state index is -4.37. The molecule has 3 amide bonds. The number of carbonyl (C=O) groups is 3. The SMILES string of the molecule is CN(C)CCNC(=O)COc1ccc(C#Cc2cc(CN3CCN(Cc4cc(C#Cc5ccc(OCC(=O)NCC[N+](C)(C)C)cc5)cc(P(=O)(O)c5ccccc5)n4)CC(CN)N(Cc4cc(C#Cc5ccc(OCC(=O)NCC[N+](C)(C)C)cc5)cc(P(=O)(O)c5ccccc5)n4)CC3)nc(P(=O)(O)c3ccccc3)c2)cc1. The van der Waals surface area contributed by atoms with Crippen molar-refractivity contribution in [3.8, 4) is 52.8 Å². The Morgan fingerprint density at radius 3 is 1.10 bits per heavy atom. The zero-order valence-corrected chi connectivity index (χ0v) is 69.0. The Bertz CT molecular complexity index is 5160. The highest BCUT2D eigenvalue weighted by molar-refractivity contribution is 7.74. The summed E-state index contributed by atoms with van der Waals surface area (Å²) in [6.45, 7) is 5.43. The molecule has 4 unspecified atom stereocenters. The van der Waals surface area contributed by atoms with E-state index in [1.165, 1.54) is 18.2 Å². The number of benzene rings is 6. The molecule has 1 aliphatic rings. The fourth-order valence-corrected chi connectivity index (χ4v) is 16.4. The highest BCUT2D eigenvalue weighted by atomic mass is 31.2. The van der Waals surface area contributed by atoms with E-state index in [9.17, 15) is 42.8 Å². The van der Waals surface area contributed by atoms with Crippen molar-refractivity contribution >= 4 is 72.0 Å². The summed E-state index contributed by atoms with van der Waals surface area (Å²) in [5, 5.41) is 9.14. The maximum Gasteiger partial charge on any atom is 0.276 e. The van der Waals surface area contributed by atoms with Crippen LogP contribution in [0.2, 0.25) is 0 Å². The fourth-order valence-electron chi connectivity index (χ4n) is 12.1. The molecule has 0 aliphatic carbocycles. The molecular formula is C87H102N13O12P3+2. The quantitative estimate of drug-likeness (QED) is 0.0181. The second-order valence-corrected chi connectivity index (χ2v) is 36.7. The summed E-state index contributed by atoms with van der Waals surface area (Å²) in [6, 6.07) is 55.4. The van der Waals surface area contributed by atoms with Crippen LogP contribution in [0.25, 0.3) is 0 Å². The Labute approximate surface area is 674 Å². The third-order valence-electron chi connectivity index (χ3n) is 18.5. The molecule has 600 valence electrons. The van der Waals surface area contributed by atoms with Crippen molar-refractivity contribution in [2.75, 3.05) is 155 Å². The number of carbonyl (C=O) groups excluding carboxylic acids is 3. The monoisotopic (exact) mass is 1610 g/mol. The highest BCUT2D eigenvalue weighted by Gasteiger charge is 2.33. The van der Waals surface area contributed by atoms with Crippen LogP contribution in [0.15, 0.2) is 200 Å². The van der Waals surface area contributed by atoms with Crippen molar-refractivity contribution in [2.24, 2.45) is 5.73 Å². The zero-order chi connectivity index (χ0) is 82.2. The normalized spacial score (nSPS) is 15.2. The Hall–Kier alpha value is -10.5. The van der Waals surface area contributed by atoms with Crippen LogP contribution in [0.5, 0.6) is 17.2 Å². The fraction of sp³-hybridized carbons (Fsp3) is 0.310. The molecule has 0 radical (unpaired) electrons. The van der Waals surface area contributed by atoms with Gasteiger partial charge in [-0.25, -0.2) is 15.0 Å². The summed E-state index contributed by atoms with van der Waals surface area (Å²) in [4.78, 5) is 97.5. The summed E-state index contributed by atoms with van der Waals surface area (Å²) in [5.74, 6) is 20.0. The van der Waals surface area contributed by atoms with E-state index in [1.807, 2.05) is 61.3 Å². The molecule has 0 spiro atoms. The third kappa shape index (κ3) is 27.4. The molecule has 6 aromatic carbocycles. The summed E-state index contributed by atoms with van der Waals surface area (Å²) in [5.41, 5.74) is 11.0. The van der Waals surface area contributed by atoms with Crippen molar-refractivity contribution in [2.45, 2.75) is 25.7 Å². The number of rotatable bonds is 31. The van der Waals surface area contributed by atoms with Crippen LogP contribution in [0.4, 0.5) is 0 Å². The number of hydrogen-bond acceptors (Lipinski definition) is 17. The molecule has 4 atom stereocenters. The van der Waals surface area contributed by atoms with Crippen molar-refractivity contribution in [3.63, 3.8) is 0 Å². The first kappa shape index (κ1) is 86.9. The van der Waals surface area contributed by atoms with E-state index in [4.69, 9.17) is 34.9 Å². The van der Waals surface area contributed by atoms with E-state index >= 15 is 0 Å². The van der Waals surface area contributed by atoms with Crippen LogP contribution >= 0.6 is 22.1 Å². The van der Waals surface area contributed by atoms with Gasteiger partial charge in [0.2, 0.25) is 0 Å². The lowest BCUT2D eigenvalue weighted by Crippen LogP contribution is -2.48. The summed E-state index contributed by atoms with van der Waals surface area (Å²) >= 11 is 0. The molecule has 1 fully saturated rings. The molecule has 4 heterocycles. The lowest BCUT2D eigenvalue weighted by molar-refractivity contribution is -0.869. The highest BCUT2D eigenvalue weighted by Crippen LogP contribution is 2.40. The van der Waals surface area contributed by atoms with Crippen LogP contribution in [0.3, 0.4) is 0 Å². The van der Waals surface area contributed by atoms with Gasteiger partial charge in [0.25, 0.3) is 39.8 Å². The maximum absolute atomic E-state index is 14.9. The molecule has 25 nitrogen and oxygen atoms in total. The molecular weight excluding hydrogens is 1510 g/mol. The molecule has 28 heteroatoms. The predicted octanol–water partition coefficient (Wildman–Crippen LogP) is 4.34. The number of nitrogens with one attached hydrogen (secondary N) is 3. The number of hydrogen-bond donors (Lipinski definition) is 7. The summed E-state index contributed by atoms with van der Waals surface area (Å²) in [7, 11) is 3.05. The number of nitrogens with two attached hydrogens (primary N) is 1. The number of pyridine rings is 3. The van der Waals surface area contributed by atoms with Crippen LogP contribution in [0, 0.1) is 35.5 Å². The predicted molar refractivity (Wildman–Crippen MR) is 450 cm³/mol. The smallest absolute Gasteiger partial charge is 0.276 e. The topological polar surface area (TPSA) is 305 Å². The van der Waals surface area contributed by atoms with Crippen molar-refractivity contribution < 1.29 is 65.9 Å². The van der Waals surface area contributed by atoms with Crippen molar-refractivity contribution in [3.05, 3.63) is 251 Å². The Balaban J connectivity index is 1.00. The average molecular weight is 1610 g/mol. The van der Waals surface area contributed by atoms with Gasteiger partial charge in [-0.2, -0.15) is 0 Å². The number of likely N-dealkylation sites (N-methyl/N-ethyl adjacent to an activating group) is 3. The van der Waals surface area contributed by atoms with E-state index in [1.54, 1.807) is 182 Å². The average Bonchev–Trinajstić information content (AvgIpc) is 1.17. The van der Waals surface area contributed by atoms with E-state index in [2.05, 4.69) is 66.2 Å². The van der Waals surface area contributed by atoms with E-state index in [-0.39, 0.29) is 95.9 Å². The van der Waals surface area contributed by atoms with E-state index in [0.717, 1.165) is 13.1 Å². The van der Waals surface area contributed by atoms with Gasteiger partial charge >= 0.3 is 0 Å². The standard InChI is InChI=1S/C87H100N13O12P3/c1-95(2)45-42-89-82(101)63-110-76-36-30-66(31-37-76)24-27-69-52-72(92-85(55-69)113(104,105)79-18-12-9-13-19-79)59-96-46-47-97(60-73-53-70(56-86(93-73)114(106,107)80-20-14-10-15-21-80)28-25-67-32-38-77(39-33-67)111-64-83(102)90-43-50-99(3,4)5)62-75(58-88)98(49-48-96)61-74-54-71(57-87(94-74)115(108,109)81-22-16-11-17-23-81)29-26-68-34-40-78(41-35-68)112-65-84(103)91-44-51-100(6,7)8/h9-23,30-41,52-57,75H,42-51,58-65,88H2,1-8H3,(H4-2,89,90,91,101,102,103,104,105,106,107,108,109)/p+2. The zero-order valence-electron chi connectivity index (χ0n) is 66.3. The molecule has 9 aromatic rings. The summed E-state index contributed by atoms with van der Waals surface area (Å²) < 4.78 is 63.3. The largest absolute Gasteiger partial charge is 0.484 e. The lowest BCUT2D eigenvalue weighted by Gasteiger charge is -2.34. The number of quaternary nitrogens is 2. The second-order valence-electron chi connectivity index (χ2n) is 30.3. The van der Waals surface area contributed by atoms with Crippen LogP contribution in [0.1, 0.15) is 50.5 Å². The van der Waals surface area contributed by atoms with Gasteiger partial charge in [0.1, 0.15) is 33.6 Å². The molecule has 0 bridgehead atoms. The number of amides is 3. The van der Waals surface area contributed by atoms with E-state index < -0.39 is 28.1 Å². The maximum atomic E-state index is 14.9. The van der Waals surface area contributed by atoms with Gasteiger partial charge in [-0.3, -0.25) is 42.8 Å². The van der Waals surface area contributed by atoms with Gasteiger partial charge in [0, 0.05) is 127 Å². The van der Waals surface area contributed by atoms with Gasteiger partial charge in [-0.05, 0) is 160 Å². The first-order valence-corrected chi connectivity index (χ1v) is 42.8. The van der Waals surface area contributed by atoms with Crippen LogP contribution in [-0.4, -0.2) is 237 Å². The van der Waals surface area contributed by atoms with Gasteiger partial charge in [-0.15, -0.1) is 0 Å².